The number of aliphatic hydroxyl groups is 2. The van der Waals surface area contributed by atoms with Gasteiger partial charge in [-0.1, -0.05) is 13.3 Å². The van der Waals surface area contributed by atoms with E-state index in [1.54, 1.807) is 10.9 Å². The fourth-order valence-electron chi connectivity index (χ4n) is 3.10. The highest BCUT2D eigenvalue weighted by Gasteiger charge is 2.54. The molecule has 0 bridgehead atoms. The molecule has 23 heavy (non-hydrogen) atoms. The van der Waals surface area contributed by atoms with Gasteiger partial charge in [-0.3, -0.25) is 4.57 Å². The number of aliphatic hydroxyl groups excluding tert-OH is 2. The van der Waals surface area contributed by atoms with E-state index in [-0.39, 0.29) is 12.4 Å². The Morgan fingerprint density at radius 2 is 2.22 bits per heavy atom. The summed E-state index contributed by atoms with van der Waals surface area (Å²) in [5.41, 5.74) is 5.91. The number of aromatic nitrogens is 4. The minimum Gasteiger partial charge on any atom is -0.394 e. The van der Waals surface area contributed by atoms with Gasteiger partial charge >= 0.3 is 0 Å². The first kappa shape index (κ1) is 16.4. The third-order valence-electron chi connectivity index (χ3n) is 4.36. The molecule has 3 heterocycles. The van der Waals surface area contributed by atoms with Gasteiger partial charge in [-0.05, 0) is 12.8 Å². The topological polar surface area (TPSA) is 119 Å². The first-order valence-electron chi connectivity index (χ1n) is 7.64. The summed E-state index contributed by atoms with van der Waals surface area (Å²) < 4.78 is 7.82. The molecule has 0 radical (unpaired) electrons. The Labute approximate surface area is 139 Å². The summed E-state index contributed by atoms with van der Waals surface area (Å²) in [7, 11) is 0. The third kappa shape index (κ3) is 2.47. The Bertz CT molecular complexity index is 696. The highest BCUT2D eigenvalue weighted by Crippen LogP contribution is 2.43. The van der Waals surface area contributed by atoms with Crippen LogP contribution in [0.4, 0.5) is 5.82 Å². The minimum atomic E-state index is -0.943. The van der Waals surface area contributed by atoms with Crippen molar-refractivity contribution in [3.05, 3.63) is 12.7 Å². The quantitative estimate of drug-likeness (QED) is 0.578. The van der Waals surface area contributed by atoms with Crippen LogP contribution in [0, 0.1) is 0 Å². The molecule has 126 valence electrons. The monoisotopic (exact) mass is 339 g/mol. The summed E-state index contributed by atoms with van der Waals surface area (Å²) in [5.74, 6) is 0.285. The van der Waals surface area contributed by atoms with Crippen LogP contribution in [0.2, 0.25) is 0 Å². The largest absolute Gasteiger partial charge is 0.394 e. The molecule has 2 aromatic heterocycles. The second kappa shape index (κ2) is 6.23. The van der Waals surface area contributed by atoms with Gasteiger partial charge in [-0.2, -0.15) is 12.6 Å². The number of thiol groups is 1. The molecule has 0 amide bonds. The van der Waals surface area contributed by atoms with Gasteiger partial charge in [0, 0.05) is 0 Å². The van der Waals surface area contributed by atoms with Crippen molar-refractivity contribution < 1.29 is 14.9 Å². The SMILES string of the molecule is CCCC[C@@]1(n2cnc3c(N)ncnc32)O[C@H](CO)[C@@H](O)[C@H]1S. The zero-order valence-corrected chi connectivity index (χ0v) is 13.7. The molecule has 1 aliphatic rings. The average molecular weight is 339 g/mol. The Kier molecular flexibility index (Phi) is 4.45. The lowest BCUT2D eigenvalue weighted by Gasteiger charge is -2.34. The average Bonchev–Trinajstić information content (AvgIpc) is 3.09. The van der Waals surface area contributed by atoms with Gasteiger partial charge in [0.2, 0.25) is 0 Å². The molecule has 4 N–H and O–H groups in total. The van der Waals surface area contributed by atoms with Crippen LogP contribution in [0.25, 0.3) is 11.2 Å². The van der Waals surface area contributed by atoms with Crippen LogP contribution in [0.5, 0.6) is 0 Å². The number of nitrogens with two attached hydrogens (primary N) is 1. The van der Waals surface area contributed by atoms with E-state index in [1.807, 2.05) is 0 Å². The molecular formula is C14H21N5O3S. The molecular weight excluding hydrogens is 318 g/mol. The lowest BCUT2D eigenvalue weighted by Crippen LogP contribution is -2.42. The Hall–Kier alpha value is -1.42. The van der Waals surface area contributed by atoms with Crippen LogP contribution < -0.4 is 5.73 Å². The molecule has 2 aromatic rings. The number of fused-ring (bicyclic) bond motifs is 1. The zero-order chi connectivity index (χ0) is 16.6. The molecule has 8 nitrogen and oxygen atoms in total. The number of unbranched alkanes of at least 4 members (excludes halogenated alkanes) is 1. The molecule has 0 saturated carbocycles. The summed E-state index contributed by atoms with van der Waals surface area (Å²) in [6, 6.07) is 0. The van der Waals surface area contributed by atoms with E-state index >= 15 is 0 Å². The summed E-state index contributed by atoms with van der Waals surface area (Å²) in [6.45, 7) is 1.79. The number of hydrogen-bond donors (Lipinski definition) is 4. The Morgan fingerprint density at radius 1 is 1.43 bits per heavy atom. The first-order valence-corrected chi connectivity index (χ1v) is 8.15. The van der Waals surface area contributed by atoms with Crippen molar-refractivity contribution in [2.24, 2.45) is 0 Å². The molecule has 1 fully saturated rings. The van der Waals surface area contributed by atoms with E-state index in [9.17, 15) is 10.2 Å². The van der Waals surface area contributed by atoms with Gasteiger partial charge < -0.3 is 20.7 Å². The highest BCUT2D eigenvalue weighted by atomic mass is 32.1. The third-order valence-corrected chi connectivity index (χ3v) is 5.07. The molecule has 9 heteroatoms. The molecule has 0 unspecified atom stereocenters. The second-order valence-electron chi connectivity index (χ2n) is 5.77. The normalized spacial score (nSPS) is 31.0. The van der Waals surface area contributed by atoms with Crippen LogP contribution in [0.1, 0.15) is 26.2 Å². The molecule has 1 aliphatic heterocycles. The van der Waals surface area contributed by atoms with E-state index in [1.165, 1.54) is 6.33 Å². The number of nitrogen functional groups attached to an aromatic ring is 1. The van der Waals surface area contributed by atoms with Crippen LogP contribution >= 0.6 is 12.6 Å². The fourth-order valence-corrected chi connectivity index (χ4v) is 3.61. The fraction of sp³-hybridized carbons (Fsp3) is 0.643. The molecule has 3 rings (SSSR count). The van der Waals surface area contributed by atoms with Gasteiger partial charge in [0.05, 0.1) is 24.3 Å². The maximum Gasteiger partial charge on any atom is 0.167 e. The number of hydrogen-bond acceptors (Lipinski definition) is 8. The standard InChI is InChI=1S/C14H21N5O3S/c1-2-3-4-14(11(23)10(21)8(5-20)22-14)19-7-18-9-12(15)16-6-17-13(9)19/h6-8,10-11,20-21,23H,2-5H2,1H3,(H2,15,16,17)/t8-,10-,11-,14-/m1/s1. The molecule has 0 aromatic carbocycles. The number of rotatable bonds is 5. The number of ether oxygens (including phenoxy) is 1. The number of imidazole rings is 1. The summed E-state index contributed by atoms with van der Waals surface area (Å²) in [4.78, 5) is 12.5. The van der Waals surface area contributed by atoms with Crippen molar-refractivity contribution in [2.45, 2.75) is 49.4 Å². The molecule has 0 aliphatic carbocycles. The van der Waals surface area contributed by atoms with Gasteiger partial charge in [0.25, 0.3) is 0 Å². The van der Waals surface area contributed by atoms with Crippen LogP contribution in [0.3, 0.4) is 0 Å². The van der Waals surface area contributed by atoms with Crippen LogP contribution in [0.15, 0.2) is 12.7 Å². The number of anilines is 1. The molecule has 4 atom stereocenters. The van der Waals surface area contributed by atoms with E-state index in [0.717, 1.165) is 12.8 Å². The van der Waals surface area contributed by atoms with Gasteiger partial charge in [-0.15, -0.1) is 0 Å². The first-order chi connectivity index (χ1) is 11.0. The van der Waals surface area contributed by atoms with Crippen molar-refractivity contribution >= 4 is 29.6 Å². The molecule has 1 saturated heterocycles. The van der Waals surface area contributed by atoms with E-state index in [4.69, 9.17) is 10.5 Å². The summed E-state index contributed by atoms with van der Waals surface area (Å²) in [5, 5.41) is 19.3. The van der Waals surface area contributed by atoms with Crippen molar-refractivity contribution in [1.29, 1.82) is 0 Å². The van der Waals surface area contributed by atoms with Gasteiger partial charge in [-0.25, -0.2) is 15.0 Å². The van der Waals surface area contributed by atoms with E-state index in [0.29, 0.717) is 17.6 Å². The van der Waals surface area contributed by atoms with Crippen LogP contribution in [-0.4, -0.2) is 53.8 Å². The summed E-state index contributed by atoms with van der Waals surface area (Å²) >= 11 is 4.58. The Balaban J connectivity index is 2.14. The van der Waals surface area contributed by atoms with E-state index < -0.39 is 23.2 Å². The molecule has 0 spiro atoms. The predicted octanol–water partition coefficient (Wildman–Crippen LogP) is 0.302. The van der Waals surface area contributed by atoms with Gasteiger partial charge in [0.15, 0.2) is 17.2 Å². The Morgan fingerprint density at radius 3 is 2.87 bits per heavy atom. The lowest BCUT2D eigenvalue weighted by atomic mass is 9.99. The zero-order valence-electron chi connectivity index (χ0n) is 12.8. The summed E-state index contributed by atoms with van der Waals surface area (Å²) in [6.07, 6.45) is 3.79. The minimum absolute atomic E-state index is 0.282. The maximum absolute atomic E-state index is 10.4. The smallest absolute Gasteiger partial charge is 0.167 e. The van der Waals surface area contributed by atoms with Crippen molar-refractivity contribution in [3.8, 4) is 0 Å². The highest BCUT2D eigenvalue weighted by molar-refractivity contribution is 7.81. The van der Waals surface area contributed by atoms with Crippen LogP contribution in [-0.2, 0) is 10.5 Å². The maximum atomic E-state index is 10.4. The van der Waals surface area contributed by atoms with Gasteiger partial charge in [0.1, 0.15) is 17.9 Å². The number of nitrogens with zero attached hydrogens (tertiary/aromatic N) is 4. The van der Waals surface area contributed by atoms with Crippen molar-refractivity contribution in [2.75, 3.05) is 12.3 Å². The second-order valence-corrected chi connectivity index (χ2v) is 6.32. The lowest BCUT2D eigenvalue weighted by molar-refractivity contribution is -0.118. The van der Waals surface area contributed by atoms with Crippen molar-refractivity contribution in [3.63, 3.8) is 0 Å². The predicted molar refractivity (Wildman–Crippen MR) is 88.0 cm³/mol. The van der Waals surface area contributed by atoms with Crippen molar-refractivity contribution in [1.82, 2.24) is 19.5 Å². The van der Waals surface area contributed by atoms with E-state index in [2.05, 4.69) is 34.5 Å².